The summed E-state index contributed by atoms with van der Waals surface area (Å²) >= 11 is 6.69. The van der Waals surface area contributed by atoms with E-state index in [2.05, 4.69) is 0 Å². The molecule has 10 heteroatoms. The molecule has 2 aliphatic heterocycles. The Hall–Kier alpha value is -1.88. The van der Waals surface area contributed by atoms with Gasteiger partial charge in [0.25, 0.3) is 0 Å². The van der Waals surface area contributed by atoms with Crippen molar-refractivity contribution < 1.29 is 37.9 Å². The lowest BCUT2D eigenvalue weighted by Gasteiger charge is -2.40. The van der Waals surface area contributed by atoms with Crippen LogP contribution in [0.15, 0.2) is 30.3 Å². The summed E-state index contributed by atoms with van der Waals surface area (Å²) in [5, 5.41) is 31.8. The molecule has 4 rings (SSSR count). The van der Waals surface area contributed by atoms with Gasteiger partial charge in [0, 0.05) is 23.8 Å². The summed E-state index contributed by atoms with van der Waals surface area (Å²) in [4.78, 5) is 0. The van der Waals surface area contributed by atoms with E-state index in [1.807, 2.05) is 31.2 Å². The fourth-order valence-electron chi connectivity index (χ4n) is 4.32. The highest BCUT2D eigenvalue weighted by Crippen LogP contribution is 2.45. The van der Waals surface area contributed by atoms with Crippen LogP contribution in [0.3, 0.4) is 0 Å². The minimum Gasteiger partial charge on any atom is -0.494 e. The van der Waals surface area contributed by atoms with E-state index in [4.69, 9.17) is 25.8 Å². The van der Waals surface area contributed by atoms with Crippen molar-refractivity contribution in [2.45, 2.75) is 49.6 Å². The number of halogens is 1. The van der Waals surface area contributed by atoms with Gasteiger partial charge in [0.15, 0.2) is 15.3 Å². The van der Waals surface area contributed by atoms with Crippen LogP contribution >= 0.6 is 11.6 Å². The normalized spacial score (nSPS) is 27.2. The molecule has 0 saturated carbocycles. The van der Waals surface area contributed by atoms with Gasteiger partial charge in [-0.2, -0.15) is 0 Å². The molecule has 2 heterocycles. The highest BCUT2D eigenvalue weighted by atomic mass is 35.5. The minimum absolute atomic E-state index is 0.373. The zero-order chi connectivity index (χ0) is 23.9. The standard InChI is InChI=1S/C23H27ClO8S/c1-3-30-14-6-4-12(5-7-14)10-13-11-16(21-15(17(13)24)8-9-31-21)22-19(26)18(25)20(27)23(32-22)33(2,28)29/h4-7,11,18-20,22-23,25-27H,3,8-10H2,1-2H3. The Balaban J connectivity index is 1.73. The lowest BCUT2D eigenvalue weighted by atomic mass is 9.90. The second-order valence-corrected chi connectivity index (χ2v) is 10.8. The Kier molecular flexibility index (Phi) is 6.91. The first-order valence-corrected chi connectivity index (χ1v) is 13.0. The maximum absolute atomic E-state index is 12.2. The fourth-order valence-corrected chi connectivity index (χ4v) is 5.61. The van der Waals surface area contributed by atoms with E-state index in [9.17, 15) is 23.7 Å². The number of sulfone groups is 1. The van der Waals surface area contributed by atoms with Crippen LogP contribution in [0.1, 0.15) is 35.3 Å². The molecule has 0 radical (unpaired) electrons. The van der Waals surface area contributed by atoms with Crippen LogP contribution < -0.4 is 9.47 Å². The van der Waals surface area contributed by atoms with Gasteiger partial charge in [-0.1, -0.05) is 23.7 Å². The molecule has 3 N–H and O–H groups in total. The number of benzene rings is 2. The summed E-state index contributed by atoms with van der Waals surface area (Å²) in [5.74, 6) is 1.17. The molecule has 0 aromatic heterocycles. The Bertz CT molecular complexity index is 1120. The highest BCUT2D eigenvalue weighted by Gasteiger charge is 2.49. The molecular formula is C23H27ClO8S. The average Bonchev–Trinajstić information content (AvgIpc) is 3.26. The van der Waals surface area contributed by atoms with Crippen molar-refractivity contribution in [2.75, 3.05) is 19.5 Å². The molecule has 33 heavy (non-hydrogen) atoms. The molecule has 1 saturated heterocycles. The van der Waals surface area contributed by atoms with Gasteiger partial charge in [0.1, 0.15) is 35.9 Å². The number of aliphatic hydroxyl groups is 3. The van der Waals surface area contributed by atoms with Gasteiger partial charge in [-0.05, 0) is 42.7 Å². The van der Waals surface area contributed by atoms with Crippen LogP contribution in [0.25, 0.3) is 0 Å². The van der Waals surface area contributed by atoms with Crippen LogP contribution in [0.5, 0.6) is 11.5 Å². The third-order valence-electron chi connectivity index (χ3n) is 5.94. The van der Waals surface area contributed by atoms with Gasteiger partial charge in [0.2, 0.25) is 0 Å². The quantitative estimate of drug-likeness (QED) is 0.551. The van der Waals surface area contributed by atoms with Crippen molar-refractivity contribution >= 4 is 21.4 Å². The predicted octanol–water partition coefficient (Wildman–Crippen LogP) is 1.79. The number of ether oxygens (including phenoxy) is 3. The molecule has 2 aromatic carbocycles. The van der Waals surface area contributed by atoms with Crippen molar-refractivity contribution in [3.05, 3.63) is 57.6 Å². The van der Waals surface area contributed by atoms with Crippen molar-refractivity contribution in [2.24, 2.45) is 0 Å². The molecular weight excluding hydrogens is 472 g/mol. The maximum atomic E-state index is 12.2. The largest absolute Gasteiger partial charge is 0.494 e. The topological polar surface area (TPSA) is 123 Å². The molecule has 2 aromatic rings. The van der Waals surface area contributed by atoms with Gasteiger partial charge in [-0.3, -0.25) is 0 Å². The van der Waals surface area contributed by atoms with E-state index >= 15 is 0 Å². The second kappa shape index (κ2) is 9.40. The van der Waals surface area contributed by atoms with Crippen LogP contribution in [0, 0.1) is 0 Å². The third kappa shape index (κ3) is 4.71. The Morgan fingerprint density at radius 1 is 1.12 bits per heavy atom. The van der Waals surface area contributed by atoms with Crippen LogP contribution in [0.2, 0.25) is 5.02 Å². The molecule has 0 spiro atoms. The minimum atomic E-state index is -3.88. The lowest BCUT2D eigenvalue weighted by molar-refractivity contribution is -0.202. The molecule has 2 aliphatic rings. The first-order chi connectivity index (χ1) is 15.6. The Labute approximate surface area is 197 Å². The fraction of sp³-hybridized carbons (Fsp3) is 0.478. The zero-order valence-corrected chi connectivity index (χ0v) is 19.8. The molecule has 5 atom stereocenters. The Morgan fingerprint density at radius 2 is 1.82 bits per heavy atom. The number of aliphatic hydroxyl groups excluding tert-OH is 3. The van der Waals surface area contributed by atoms with Crippen molar-refractivity contribution in [1.29, 1.82) is 0 Å². The van der Waals surface area contributed by atoms with E-state index in [0.29, 0.717) is 42.4 Å². The van der Waals surface area contributed by atoms with Crippen LogP contribution in [-0.4, -0.2) is 67.0 Å². The number of rotatable bonds is 6. The summed E-state index contributed by atoms with van der Waals surface area (Å²) in [6.45, 7) is 2.85. The number of hydrogen-bond acceptors (Lipinski definition) is 8. The van der Waals surface area contributed by atoms with E-state index in [1.54, 1.807) is 6.07 Å². The monoisotopic (exact) mass is 498 g/mol. The summed E-state index contributed by atoms with van der Waals surface area (Å²) in [6, 6.07) is 9.30. The van der Waals surface area contributed by atoms with E-state index in [-0.39, 0.29) is 0 Å². The van der Waals surface area contributed by atoms with Crippen molar-refractivity contribution in [3.8, 4) is 11.5 Å². The SMILES string of the molecule is CCOc1ccc(Cc2cc(C3OC(S(C)(=O)=O)C(O)C(O)C3O)c3c(c2Cl)CCO3)cc1. The third-order valence-corrected chi connectivity index (χ3v) is 7.64. The highest BCUT2D eigenvalue weighted by molar-refractivity contribution is 7.91. The van der Waals surface area contributed by atoms with Gasteiger partial charge < -0.3 is 29.5 Å². The summed E-state index contributed by atoms with van der Waals surface area (Å²) < 4.78 is 41.2. The van der Waals surface area contributed by atoms with Gasteiger partial charge >= 0.3 is 0 Å². The van der Waals surface area contributed by atoms with Gasteiger partial charge in [-0.25, -0.2) is 8.42 Å². The summed E-state index contributed by atoms with van der Waals surface area (Å²) in [5.41, 5.74) is 1.15. The van der Waals surface area contributed by atoms with Gasteiger partial charge in [0.05, 0.1) is 18.2 Å². The predicted molar refractivity (Wildman–Crippen MR) is 122 cm³/mol. The molecule has 0 amide bonds. The molecule has 0 bridgehead atoms. The smallest absolute Gasteiger partial charge is 0.187 e. The first-order valence-electron chi connectivity index (χ1n) is 10.7. The van der Waals surface area contributed by atoms with E-state index < -0.39 is 39.7 Å². The number of hydrogen-bond donors (Lipinski definition) is 3. The second-order valence-electron chi connectivity index (χ2n) is 8.33. The van der Waals surface area contributed by atoms with Crippen molar-refractivity contribution in [1.82, 2.24) is 0 Å². The molecule has 5 unspecified atom stereocenters. The average molecular weight is 499 g/mol. The molecule has 180 valence electrons. The van der Waals surface area contributed by atoms with Gasteiger partial charge in [-0.15, -0.1) is 0 Å². The van der Waals surface area contributed by atoms with Crippen LogP contribution in [-0.2, 0) is 27.4 Å². The van der Waals surface area contributed by atoms with E-state index in [0.717, 1.165) is 28.7 Å². The molecule has 8 nitrogen and oxygen atoms in total. The van der Waals surface area contributed by atoms with Crippen molar-refractivity contribution in [3.63, 3.8) is 0 Å². The zero-order valence-electron chi connectivity index (χ0n) is 18.3. The summed E-state index contributed by atoms with van der Waals surface area (Å²) in [6.07, 6.45) is -4.38. The van der Waals surface area contributed by atoms with E-state index in [1.165, 1.54) is 0 Å². The Morgan fingerprint density at radius 3 is 2.45 bits per heavy atom. The first kappa shape index (κ1) is 24.3. The molecule has 0 aliphatic carbocycles. The molecule has 1 fully saturated rings. The summed E-state index contributed by atoms with van der Waals surface area (Å²) in [7, 11) is -3.88. The van der Waals surface area contributed by atoms with Crippen LogP contribution in [0.4, 0.5) is 0 Å². The maximum Gasteiger partial charge on any atom is 0.187 e. The lowest BCUT2D eigenvalue weighted by Crippen LogP contribution is -2.56. The number of fused-ring (bicyclic) bond motifs is 1.